The van der Waals surface area contributed by atoms with Gasteiger partial charge in [0.1, 0.15) is 11.6 Å². The molecule has 0 spiro atoms. The zero-order chi connectivity index (χ0) is 15.2. The van der Waals surface area contributed by atoms with Crippen LogP contribution in [0.3, 0.4) is 0 Å². The standard InChI is InChI=1S/C16H18FN3O/c1-3-10-18-15-9-4-12(11-19-15)16(21)20(2)14-7-5-13(17)6-8-14/h4-9,11H,3,10H2,1-2H3,(H,18,19). The molecule has 4 nitrogen and oxygen atoms in total. The summed E-state index contributed by atoms with van der Waals surface area (Å²) in [7, 11) is 1.65. The lowest BCUT2D eigenvalue weighted by molar-refractivity contribution is 0.0992. The average Bonchev–Trinajstić information content (AvgIpc) is 2.53. The summed E-state index contributed by atoms with van der Waals surface area (Å²) in [6.45, 7) is 2.92. The summed E-state index contributed by atoms with van der Waals surface area (Å²) in [4.78, 5) is 18.0. The van der Waals surface area contributed by atoms with E-state index in [0.29, 0.717) is 11.3 Å². The normalized spacial score (nSPS) is 10.2. The number of nitrogens with one attached hydrogen (secondary N) is 1. The van der Waals surface area contributed by atoms with Gasteiger partial charge in [-0.15, -0.1) is 0 Å². The van der Waals surface area contributed by atoms with Crippen LogP contribution in [0.2, 0.25) is 0 Å². The molecule has 0 bridgehead atoms. The van der Waals surface area contributed by atoms with E-state index in [0.717, 1.165) is 18.8 Å². The molecule has 0 saturated heterocycles. The van der Waals surface area contributed by atoms with Crippen molar-refractivity contribution >= 4 is 17.4 Å². The van der Waals surface area contributed by atoms with Gasteiger partial charge >= 0.3 is 0 Å². The Morgan fingerprint density at radius 3 is 2.52 bits per heavy atom. The lowest BCUT2D eigenvalue weighted by atomic mass is 10.2. The second-order valence-corrected chi connectivity index (χ2v) is 4.70. The number of anilines is 2. The molecule has 0 saturated carbocycles. The van der Waals surface area contributed by atoms with E-state index in [1.165, 1.54) is 17.0 Å². The Kier molecular flexibility index (Phi) is 4.87. The van der Waals surface area contributed by atoms with Crippen LogP contribution in [0.25, 0.3) is 0 Å². The monoisotopic (exact) mass is 287 g/mol. The largest absolute Gasteiger partial charge is 0.370 e. The van der Waals surface area contributed by atoms with Crippen LogP contribution in [0.5, 0.6) is 0 Å². The molecular weight excluding hydrogens is 269 g/mol. The molecule has 1 N–H and O–H groups in total. The third kappa shape index (κ3) is 3.78. The Morgan fingerprint density at radius 1 is 1.24 bits per heavy atom. The minimum atomic E-state index is -0.326. The van der Waals surface area contributed by atoms with Crippen molar-refractivity contribution in [3.8, 4) is 0 Å². The van der Waals surface area contributed by atoms with E-state index in [2.05, 4.69) is 17.2 Å². The Hall–Kier alpha value is -2.43. The molecule has 2 aromatic rings. The van der Waals surface area contributed by atoms with E-state index in [1.54, 1.807) is 37.5 Å². The molecule has 1 heterocycles. The van der Waals surface area contributed by atoms with Gasteiger partial charge < -0.3 is 10.2 Å². The van der Waals surface area contributed by atoms with Crippen LogP contribution in [0.4, 0.5) is 15.9 Å². The third-order valence-corrected chi connectivity index (χ3v) is 3.09. The molecule has 21 heavy (non-hydrogen) atoms. The second kappa shape index (κ2) is 6.83. The average molecular weight is 287 g/mol. The number of pyridine rings is 1. The van der Waals surface area contributed by atoms with Gasteiger partial charge in [-0.1, -0.05) is 6.92 Å². The van der Waals surface area contributed by atoms with Crippen LogP contribution in [0, 0.1) is 5.82 Å². The van der Waals surface area contributed by atoms with Gasteiger partial charge in [0, 0.05) is 25.5 Å². The van der Waals surface area contributed by atoms with Crippen LogP contribution in [0.15, 0.2) is 42.6 Å². The van der Waals surface area contributed by atoms with Gasteiger partial charge in [0.05, 0.1) is 5.56 Å². The summed E-state index contributed by atoms with van der Waals surface area (Å²) in [6, 6.07) is 9.30. The van der Waals surface area contributed by atoms with Crippen molar-refractivity contribution < 1.29 is 9.18 Å². The van der Waals surface area contributed by atoms with E-state index < -0.39 is 0 Å². The minimum absolute atomic E-state index is 0.184. The summed E-state index contributed by atoms with van der Waals surface area (Å²) in [5.74, 6) is 0.238. The molecule has 1 aromatic carbocycles. The van der Waals surface area contributed by atoms with Crippen molar-refractivity contribution in [3.05, 3.63) is 54.0 Å². The van der Waals surface area contributed by atoms with E-state index in [4.69, 9.17) is 0 Å². The number of hydrogen-bond acceptors (Lipinski definition) is 3. The molecule has 0 aliphatic heterocycles. The van der Waals surface area contributed by atoms with Crippen molar-refractivity contribution in [2.24, 2.45) is 0 Å². The Labute approximate surface area is 123 Å². The molecule has 0 atom stereocenters. The lowest BCUT2D eigenvalue weighted by Gasteiger charge is -2.17. The van der Waals surface area contributed by atoms with Gasteiger partial charge in [0.25, 0.3) is 5.91 Å². The van der Waals surface area contributed by atoms with Crippen LogP contribution in [-0.2, 0) is 0 Å². The summed E-state index contributed by atoms with van der Waals surface area (Å²) >= 11 is 0. The first-order valence-electron chi connectivity index (χ1n) is 6.85. The van der Waals surface area contributed by atoms with Gasteiger partial charge in [-0.25, -0.2) is 9.37 Å². The molecule has 0 aliphatic carbocycles. The predicted molar refractivity (Wildman–Crippen MR) is 82.2 cm³/mol. The van der Waals surface area contributed by atoms with Gasteiger partial charge in [0.15, 0.2) is 0 Å². The number of carbonyl (C=O) groups excluding carboxylic acids is 1. The molecular formula is C16H18FN3O. The zero-order valence-corrected chi connectivity index (χ0v) is 12.1. The molecule has 0 fully saturated rings. The number of carbonyl (C=O) groups is 1. The molecule has 5 heteroatoms. The first-order chi connectivity index (χ1) is 10.1. The van der Waals surface area contributed by atoms with Crippen LogP contribution < -0.4 is 10.2 Å². The highest BCUT2D eigenvalue weighted by atomic mass is 19.1. The Bertz CT molecular complexity index is 596. The first-order valence-corrected chi connectivity index (χ1v) is 6.85. The number of nitrogens with zero attached hydrogens (tertiary/aromatic N) is 2. The summed E-state index contributed by atoms with van der Waals surface area (Å²) in [5, 5.41) is 3.15. The number of amides is 1. The molecule has 0 unspecified atom stereocenters. The summed E-state index contributed by atoms with van der Waals surface area (Å²) in [5.41, 5.74) is 1.12. The fourth-order valence-electron chi connectivity index (χ4n) is 1.85. The minimum Gasteiger partial charge on any atom is -0.370 e. The maximum absolute atomic E-state index is 12.9. The van der Waals surface area contributed by atoms with E-state index >= 15 is 0 Å². The Morgan fingerprint density at radius 2 is 1.95 bits per heavy atom. The molecule has 2 rings (SSSR count). The van der Waals surface area contributed by atoms with E-state index in [9.17, 15) is 9.18 Å². The topological polar surface area (TPSA) is 45.2 Å². The SMILES string of the molecule is CCCNc1ccc(C(=O)N(C)c2ccc(F)cc2)cn1. The number of halogens is 1. The van der Waals surface area contributed by atoms with E-state index in [-0.39, 0.29) is 11.7 Å². The summed E-state index contributed by atoms with van der Waals surface area (Å²) < 4.78 is 12.9. The van der Waals surface area contributed by atoms with Gasteiger partial charge in [0.2, 0.25) is 0 Å². The highest BCUT2D eigenvalue weighted by molar-refractivity contribution is 6.05. The third-order valence-electron chi connectivity index (χ3n) is 3.09. The fraction of sp³-hybridized carbons (Fsp3) is 0.250. The van der Waals surface area contributed by atoms with Crippen LogP contribution >= 0.6 is 0 Å². The fourth-order valence-corrected chi connectivity index (χ4v) is 1.85. The number of rotatable bonds is 5. The maximum Gasteiger partial charge on any atom is 0.259 e. The van der Waals surface area contributed by atoms with Gasteiger partial charge in [-0.05, 0) is 42.8 Å². The smallest absolute Gasteiger partial charge is 0.259 e. The predicted octanol–water partition coefficient (Wildman–Crippen LogP) is 3.32. The highest BCUT2D eigenvalue weighted by Gasteiger charge is 2.13. The second-order valence-electron chi connectivity index (χ2n) is 4.70. The first kappa shape index (κ1) is 15.0. The molecule has 0 radical (unpaired) electrons. The van der Waals surface area contributed by atoms with Crippen LogP contribution in [-0.4, -0.2) is 24.5 Å². The van der Waals surface area contributed by atoms with Crippen molar-refractivity contribution in [3.63, 3.8) is 0 Å². The van der Waals surface area contributed by atoms with Crippen LogP contribution in [0.1, 0.15) is 23.7 Å². The summed E-state index contributed by atoms with van der Waals surface area (Å²) in [6.07, 6.45) is 2.55. The molecule has 110 valence electrons. The van der Waals surface area contributed by atoms with Crippen molar-refractivity contribution in [2.45, 2.75) is 13.3 Å². The lowest BCUT2D eigenvalue weighted by Crippen LogP contribution is -2.26. The number of hydrogen-bond donors (Lipinski definition) is 1. The number of aromatic nitrogens is 1. The van der Waals surface area contributed by atoms with E-state index in [1.807, 2.05) is 0 Å². The quantitative estimate of drug-likeness (QED) is 0.917. The Balaban J connectivity index is 2.10. The van der Waals surface area contributed by atoms with Gasteiger partial charge in [-0.3, -0.25) is 4.79 Å². The maximum atomic E-state index is 12.9. The zero-order valence-electron chi connectivity index (χ0n) is 12.1. The van der Waals surface area contributed by atoms with Crippen molar-refractivity contribution in [1.82, 2.24) is 4.98 Å². The van der Waals surface area contributed by atoms with Crippen molar-refractivity contribution in [1.29, 1.82) is 0 Å². The van der Waals surface area contributed by atoms with Crippen molar-refractivity contribution in [2.75, 3.05) is 23.8 Å². The molecule has 1 amide bonds. The van der Waals surface area contributed by atoms with Gasteiger partial charge in [-0.2, -0.15) is 0 Å². The highest BCUT2D eigenvalue weighted by Crippen LogP contribution is 2.16. The number of benzene rings is 1. The molecule has 0 aliphatic rings. The molecule has 1 aromatic heterocycles.